The Morgan fingerprint density at radius 3 is 1.93 bits per heavy atom. The van der Waals surface area contributed by atoms with E-state index in [2.05, 4.69) is 4.98 Å². The van der Waals surface area contributed by atoms with E-state index in [0.717, 1.165) is 17.0 Å². The monoisotopic (exact) mass is 458 g/mol. The minimum atomic E-state index is -0.184. The average molecular weight is 459 g/mol. The molecule has 0 aliphatic carbocycles. The van der Waals surface area contributed by atoms with E-state index < -0.39 is 0 Å². The van der Waals surface area contributed by atoms with Crippen LogP contribution in [0.15, 0.2) is 53.3 Å². The van der Waals surface area contributed by atoms with Crippen molar-refractivity contribution < 1.29 is 0 Å². The summed E-state index contributed by atoms with van der Waals surface area (Å²) in [5.74, 6) is 0.907. The third-order valence-electron chi connectivity index (χ3n) is 4.93. The molecule has 0 atom stereocenters. The molecule has 0 unspecified atom stereocenters. The summed E-state index contributed by atoms with van der Waals surface area (Å²) in [5.41, 5.74) is 2.79. The molecule has 0 fully saturated rings. The highest BCUT2D eigenvalue weighted by molar-refractivity contribution is 7.71. The highest BCUT2D eigenvalue weighted by Crippen LogP contribution is 2.19. The van der Waals surface area contributed by atoms with Gasteiger partial charge in [-0.1, -0.05) is 61.3 Å². The molecule has 0 saturated carbocycles. The van der Waals surface area contributed by atoms with Gasteiger partial charge in [0.2, 0.25) is 0 Å². The van der Waals surface area contributed by atoms with Gasteiger partial charge in [0.1, 0.15) is 11.3 Å². The van der Waals surface area contributed by atoms with Crippen LogP contribution in [0.4, 0.5) is 0 Å². The van der Waals surface area contributed by atoms with Crippen LogP contribution in [-0.2, 0) is 13.1 Å². The summed E-state index contributed by atoms with van der Waals surface area (Å²) in [4.78, 5) is 21.2. The lowest BCUT2D eigenvalue weighted by molar-refractivity contribution is 0.657. The van der Waals surface area contributed by atoms with Gasteiger partial charge in [0.15, 0.2) is 10.4 Å². The molecule has 0 saturated heterocycles. The molecule has 5 nitrogen and oxygen atoms in total. The lowest BCUT2D eigenvalue weighted by Crippen LogP contribution is -2.26. The molecule has 0 bridgehead atoms. The van der Waals surface area contributed by atoms with E-state index in [0.29, 0.717) is 39.1 Å². The Balaban J connectivity index is 1.90. The van der Waals surface area contributed by atoms with Gasteiger partial charge >= 0.3 is 0 Å². The van der Waals surface area contributed by atoms with E-state index in [1.165, 1.54) is 0 Å². The maximum absolute atomic E-state index is 13.3. The summed E-state index contributed by atoms with van der Waals surface area (Å²) >= 11 is 17.8. The molecule has 4 rings (SSSR count). The second-order valence-electron chi connectivity index (χ2n) is 7.49. The molecule has 0 spiro atoms. The molecule has 30 heavy (non-hydrogen) atoms. The minimum absolute atomic E-state index is 0.152. The van der Waals surface area contributed by atoms with Gasteiger partial charge in [-0.15, -0.1) is 0 Å². The van der Waals surface area contributed by atoms with Gasteiger partial charge < -0.3 is 4.98 Å². The Bertz CT molecular complexity index is 1320. The zero-order valence-electron chi connectivity index (χ0n) is 16.5. The van der Waals surface area contributed by atoms with Crippen LogP contribution in [0.3, 0.4) is 0 Å². The Morgan fingerprint density at radius 2 is 1.43 bits per heavy atom. The number of H-pyrrole nitrogens is 1. The number of imidazole rings is 1. The second-order valence-corrected chi connectivity index (χ2v) is 8.73. The molecule has 2 aromatic carbocycles. The van der Waals surface area contributed by atoms with Crippen molar-refractivity contribution >= 4 is 46.6 Å². The third kappa shape index (κ3) is 4.08. The van der Waals surface area contributed by atoms with Crippen LogP contribution < -0.4 is 5.56 Å². The largest absolute Gasteiger partial charge is 0.336 e. The number of aromatic nitrogens is 4. The van der Waals surface area contributed by atoms with Crippen molar-refractivity contribution in [3.8, 4) is 0 Å². The maximum atomic E-state index is 13.3. The topological polar surface area (TPSA) is 55.6 Å². The van der Waals surface area contributed by atoms with E-state index in [1.807, 2.05) is 54.8 Å². The van der Waals surface area contributed by atoms with Crippen LogP contribution >= 0.6 is 35.4 Å². The fraction of sp³-hybridized carbons (Fsp3) is 0.227. The van der Waals surface area contributed by atoms with E-state index in [9.17, 15) is 4.79 Å². The summed E-state index contributed by atoms with van der Waals surface area (Å²) in [5, 5.41) is 1.31. The van der Waals surface area contributed by atoms with Crippen LogP contribution in [0.2, 0.25) is 10.0 Å². The van der Waals surface area contributed by atoms with Gasteiger partial charge in [0.05, 0.1) is 13.1 Å². The molecule has 0 aliphatic rings. The van der Waals surface area contributed by atoms with E-state index >= 15 is 0 Å². The number of nitrogens with zero attached hydrogens (tertiary/aromatic N) is 3. The van der Waals surface area contributed by atoms with Crippen molar-refractivity contribution in [3.05, 3.63) is 90.7 Å². The van der Waals surface area contributed by atoms with Crippen molar-refractivity contribution in [2.24, 2.45) is 0 Å². The number of halogens is 2. The van der Waals surface area contributed by atoms with Crippen LogP contribution in [0.5, 0.6) is 0 Å². The molecule has 0 amide bonds. The normalized spacial score (nSPS) is 11.5. The maximum Gasteiger partial charge on any atom is 0.280 e. The molecule has 154 valence electrons. The van der Waals surface area contributed by atoms with Crippen molar-refractivity contribution in [1.29, 1.82) is 0 Å². The zero-order chi connectivity index (χ0) is 21.4. The number of fused-ring (bicyclic) bond motifs is 1. The van der Waals surface area contributed by atoms with Crippen molar-refractivity contribution in [2.75, 3.05) is 0 Å². The highest BCUT2D eigenvalue weighted by atomic mass is 35.5. The fourth-order valence-electron chi connectivity index (χ4n) is 3.28. The molecule has 0 radical (unpaired) electrons. The Hall–Kier alpha value is -2.41. The van der Waals surface area contributed by atoms with E-state index in [-0.39, 0.29) is 11.5 Å². The van der Waals surface area contributed by atoms with Crippen LogP contribution in [0, 0.1) is 4.77 Å². The van der Waals surface area contributed by atoms with Crippen molar-refractivity contribution in [3.63, 3.8) is 0 Å². The highest BCUT2D eigenvalue weighted by Gasteiger charge is 2.17. The quantitative estimate of drug-likeness (QED) is 0.385. The van der Waals surface area contributed by atoms with E-state index in [4.69, 9.17) is 40.4 Å². The predicted octanol–water partition coefficient (Wildman–Crippen LogP) is 5.78. The van der Waals surface area contributed by atoms with E-state index in [1.54, 1.807) is 16.7 Å². The molecule has 0 aliphatic heterocycles. The molecular formula is C22H20Cl2N4OS. The number of aromatic amines is 1. The van der Waals surface area contributed by atoms with Crippen molar-refractivity contribution in [2.45, 2.75) is 32.9 Å². The summed E-state index contributed by atoms with van der Waals surface area (Å²) in [6.45, 7) is 4.89. The minimum Gasteiger partial charge on any atom is -0.336 e. The fourth-order valence-corrected chi connectivity index (χ4v) is 3.84. The molecule has 1 N–H and O–H groups in total. The molecule has 8 heteroatoms. The van der Waals surface area contributed by atoms with Crippen LogP contribution in [-0.4, -0.2) is 19.1 Å². The zero-order valence-corrected chi connectivity index (χ0v) is 18.9. The first kappa shape index (κ1) is 20.8. The molecule has 2 aromatic heterocycles. The predicted molar refractivity (Wildman–Crippen MR) is 124 cm³/mol. The lowest BCUT2D eigenvalue weighted by Gasteiger charge is -2.14. The molecule has 4 aromatic rings. The number of rotatable bonds is 5. The summed E-state index contributed by atoms with van der Waals surface area (Å²) < 4.78 is 3.91. The van der Waals surface area contributed by atoms with Crippen LogP contribution in [0.1, 0.15) is 36.7 Å². The molecule has 2 heterocycles. The van der Waals surface area contributed by atoms with Crippen molar-refractivity contribution in [1.82, 2.24) is 19.1 Å². The standard InChI is InChI=1S/C22H20Cl2N4OS/c1-13(2)19-25-18-20(26-19)27(11-14-3-7-16(23)8-4-14)22(30)28(21(18)29)12-15-5-9-17(24)10-6-15/h3-10,13H,11-12H2,1-2H3,(H,25,26). The Morgan fingerprint density at radius 1 is 0.933 bits per heavy atom. The summed E-state index contributed by atoms with van der Waals surface area (Å²) in [7, 11) is 0. The first-order valence-corrected chi connectivity index (χ1v) is 10.7. The Kier molecular flexibility index (Phi) is 5.82. The van der Waals surface area contributed by atoms with Gasteiger partial charge in [-0.25, -0.2) is 4.98 Å². The van der Waals surface area contributed by atoms with Crippen LogP contribution in [0.25, 0.3) is 11.2 Å². The SMILES string of the molecule is CC(C)c1nc2c([nH]1)c(=O)n(Cc1ccc(Cl)cc1)c(=S)n2Cc1ccc(Cl)cc1. The second kappa shape index (κ2) is 8.38. The van der Waals surface area contributed by atoms with Gasteiger partial charge in [-0.3, -0.25) is 13.9 Å². The number of hydrogen-bond donors (Lipinski definition) is 1. The number of hydrogen-bond acceptors (Lipinski definition) is 3. The lowest BCUT2D eigenvalue weighted by atomic mass is 10.2. The van der Waals surface area contributed by atoms with Gasteiger partial charge in [0, 0.05) is 16.0 Å². The summed E-state index contributed by atoms with van der Waals surface area (Å²) in [6.07, 6.45) is 0. The Labute approximate surface area is 188 Å². The molecular weight excluding hydrogens is 439 g/mol. The number of benzene rings is 2. The van der Waals surface area contributed by atoms with Gasteiger partial charge in [0.25, 0.3) is 5.56 Å². The smallest absolute Gasteiger partial charge is 0.280 e. The first-order chi connectivity index (χ1) is 14.3. The summed E-state index contributed by atoms with van der Waals surface area (Å²) in [6, 6.07) is 15.0. The first-order valence-electron chi connectivity index (χ1n) is 9.55. The van der Waals surface area contributed by atoms with Gasteiger partial charge in [-0.2, -0.15) is 0 Å². The number of nitrogens with one attached hydrogen (secondary N) is 1. The average Bonchev–Trinajstić information content (AvgIpc) is 3.17. The third-order valence-corrected chi connectivity index (χ3v) is 5.88. The van der Waals surface area contributed by atoms with Gasteiger partial charge in [-0.05, 0) is 47.6 Å².